The van der Waals surface area contributed by atoms with Gasteiger partial charge < -0.3 is 15.0 Å². The molecule has 9 heteroatoms. The minimum atomic E-state index is -0.756. The zero-order chi connectivity index (χ0) is 21.5. The van der Waals surface area contributed by atoms with Crippen LogP contribution in [-0.2, 0) is 9.53 Å². The van der Waals surface area contributed by atoms with Gasteiger partial charge in [0.05, 0.1) is 11.5 Å². The van der Waals surface area contributed by atoms with E-state index in [9.17, 15) is 19.7 Å². The topological polar surface area (TPSA) is 115 Å². The third-order valence-electron chi connectivity index (χ3n) is 5.08. The Morgan fingerprint density at radius 1 is 1.23 bits per heavy atom. The molecule has 0 aliphatic carbocycles. The second-order valence-electron chi connectivity index (χ2n) is 7.22. The summed E-state index contributed by atoms with van der Waals surface area (Å²) in [5.41, 5.74) is 0.471. The normalized spacial score (nSPS) is 15.3. The molecule has 1 aliphatic heterocycles. The fraction of sp³-hybridized carbons (Fsp3) is 0.381. The number of amides is 1. The number of piperidine rings is 1. The van der Waals surface area contributed by atoms with Gasteiger partial charge in [-0.15, -0.1) is 0 Å². The average molecular weight is 412 g/mol. The molecule has 1 N–H and O–H groups in total. The maximum absolute atomic E-state index is 12.2. The van der Waals surface area contributed by atoms with Gasteiger partial charge in [-0.05, 0) is 43.9 Å². The third kappa shape index (κ3) is 5.31. The number of rotatable bonds is 7. The summed E-state index contributed by atoms with van der Waals surface area (Å²) in [6.45, 7) is 3.04. The first kappa shape index (κ1) is 21.2. The first-order chi connectivity index (χ1) is 14.5. The van der Waals surface area contributed by atoms with E-state index in [0.29, 0.717) is 24.5 Å². The van der Waals surface area contributed by atoms with E-state index in [1.54, 1.807) is 43.5 Å². The van der Waals surface area contributed by atoms with E-state index in [-0.39, 0.29) is 24.1 Å². The Morgan fingerprint density at radius 2 is 1.93 bits per heavy atom. The summed E-state index contributed by atoms with van der Waals surface area (Å²) in [4.78, 5) is 41.2. The minimum absolute atomic E-state index is 0.00893. The molecule has 158 valence electrons. The number of aromatic nitrogens is 1. The number of benzene rings is 1. The van der Waals surface area contributed by atoms with Crippen molar-refractivity contribution < 1.29 is 19.2 Å². The van der Waals surface area contributed by atoms with Gasteiger partial charge in [0.25, 0.3) is 5.91 Å². The van der Waals surface area contributed by atoms with E-state index in [4.69, 9.17) is 4.74 Å². The number of nitrogens with one attached hydrogen (secondary N) is 1. The number of hydrogen-bond donors (Lipinski definition) is 1. The molecule has 0 unspecified atom stereocenters. The van der Waals surface area contributed by atoms with E-state index >= 15 is 0 Å². The van der Waals surface area contributed by atoms with Crippen LogP contribution >= 0.6 is 0 Å². The van der Waals surface area contributed by atoms with Crippen molar-refractivity contribution in [2.24, 2.45) is 5.92 Å². The molecule has 30 heavy (non-hydrogen) atoms. The molecular formula is C21H24N4O5. The van der Waals surface area contributed by atoms with E-state index in [1.165, 1.54) is 6.07 Å². The largest absolute Gasteiger partial charge is 0.464 e. The number of ether oxygens (including phenoxy) is 1. The Hall–Kier alpha value is -3.49. The molecule has 1 saturated heterocycles. The van der Waals surface area contributed by atoms with Gasteiger partial charge in [-0.2, -0.15) is 0 Å². The maximum Gasteiger partial charge on any atom is 0.328 e. The Morgan fingerprint density at radius 3 is 2.60 bits per heavy atom. The standard InChI is InChI=1S/C21H24N4O5/c1-15(23-20(26)17-6-3-2-4-7-17)21(27)30-14-16-9-12-24(13-10-16)19-18(25(28)29)8-5-11-22-19/h2-8,11,15-16H,9-10,12-14H2,1H3,(H,23,26)/t15-/m0/s1. The van der Waals surface area contributed by atoms with Crippen LogP contribution < -0.4 is 10.2 Å². The van der Waals surface area contributed by atoms with Gasteiger partial charge in [0.15, 0.2) is 0 Å². The van der Waals surface area contributed by atoms with Crippen molar-refractivity contribution in [3.8, 4) is 0 Å². The Bertz CT molecular complexity index is 897. The Balaban J connectivity index is 1.45. The summed E-state index contributed by atoms with van der Waals surface area (Å²) >= 11 is 0. The van der Waals surface area contributed by atoms with Crippen molar-refractivity contribution in [3.63, 3.8) is 0 Å². The van der Waals surface area contributed by atoms with Gasteiger partial charge >= 0.3 is 11.7 Å². The number of carbonyl (C=O) groups excluding carboxylic acids is 2. The van der Waals surface area contributed by atoms with Gasteiger partial charge in [0.1, 0.15) is 6.04 Å². The van der Waals surface area contributed by atoms with Crippen LogP contribution in [0.25, 0.3) is 0 Å². The van der Waals surface area contributed by atoms with Crippen molar-refractivity contribution in [2.45, 2.75) is 25.8 Å². The van der Waals surface area contributed by atoms with Crippen LogP contribution in [0.1, 0.15) is 30.1 Å². The second kappa shape index (κ2) is 9.82. The number of carbonyl (C=O) groups is 2. The van der Waals surface area contributed by atoms with Gasteiger partial charge in [-0.1, -0.05) is 18.2 Å². The molecular weight excluding hydrogens is 388 g/mol. The fourth-order valence-electron chi connectivity index (χ4n) is 3.34. The SMILES string of the molecule is C[C@H](NC(=O)c1ccccc1)C(=O)OCC1CCN(c2ncccc2[N+](=O)[O-])CC1. The molecule has 0 radical (unpaired) electrons. The number of nitro groups is 1. The Labute approximate surface area is 174 Å². The predicted octanol–water partition coefficient (Wildman–Crippen LogP) is 2.57. The number of esters is 1. The number of hydrogen-bond acceptors (Lipinski definition) is 7. The van der Waals surface area contributed by atoms with Crippen LogP contribution in [0, 0.1) is 16.0 Å². The van der Waals surface area contributed by atoms with Crippen LogP contribution in [0.5, 0.6) is 0 Å². The molecule has 1 amide bonds. The number of nitrogens with zero attached hydrogens (tertiary/aromatic N) is 3. The minimum Gasteiger partial charge on any atom is -0.464 e. The van der Waals surface area contributed by atoms with Crippen molar-refractivity contribution in [1.82, 2.24) is 10.3 Å². The lowest BCUT2D eigenvalue weighted by Crippen LogP contribution is -2.41. The fourth-order valence-corrected chi connectivity index (χ4v) is 3.34. The lowest BCUT2D eigenvalue weighted by atomic mass is 9.97. The first-order valence-corrected chi connectivity index (χ1v) is 9.82. The van der Waals surface area contributed by atoms with E-state index in [2.05, 4.69) is 10.3 Å². The highest BCUT2D eigenvalue weighted by Crippen LogP contribution is 2.29. The van der Waals surface area contributed by atoms with Crippen molar-refractivity contribution >= 4 is 23.4 Å². The molecule has 1 fully saturated rings. The molecule has 0 bridgehead atoms. The summed E-state index contributed by atoms with van der Waals surface area (Å²) in [6.07, 6.45) is 3.00. The quantitative estimate of drug-likeness (QED) is 0.422. The van der Waals surface area contributed by atoms with E-state index in [1.807, 2.05) is 11.0 Å². The summed E-state index contributed by atoms with van der Waals surface area (Å²) in [7, 11) is 0. The Kier molecular flexibility index (Phi) is 6.95. The van der Waals surface area contributed by atoms with Gasteiger partial charge in [-0.3, -0.25) is 14.9 Å². The molecule has 0 saturated carbocycles. The van der Waals surface area contributed by atoms with Crippen molar-refractivity contribution in [1.29, 1.82) is 0 Å². The molecule has 3 rings (SSSR count). The van der Waals surface area contributed by atoms with Crippen LogP contribution in [0.3, 0.4) is 0 Å². The van der Waals surface area contributed by atoms with Crippen LogP contribution in [0.4, 0.5) is 11.5 Å². The molecule has 1 aromatic carbocycles. The van der Waals surface area contributed by atoms with Gasteiger partial charge in [-0.25, -0.2) is 9.78 Å². The van der Waals surface area contributed by atoms with Gasteiger partial charge in [0.2, 0.25) is 5.82 Å². The summed E-state index contributed by atoms with van der Waals surface area (Å²) in [6, 6.07) is 10.9. The summed E-state index contributed by atoms with van der Waals surface area (Å²) in [5, 5.41) is 13.8. The molecule has 1 aliphatic rings. The molecule has 1 aromatic heterocycles. The maximum atomic E-state index is 12.2. The average Bonchev–Trinajstić information content (AvgIpc) is 2.78. The summed E-state index contributed by atoms with van der Waals surface area (Å²) < 4.78 is 5.39. The number of pyridine rings is 1. The third-order valence-corrected chi connectivity index (χ3v) is 5.08. The van der Waals surface area contributed by atoms with Crippen molar-refractivity contribution in [2.75, 3.05) is 24.6 Å². The zero-order valence-electron chi connectivity index (χ0n) is 16.7. The van der Waals surface area contributed by atoms with Crippen LogP contribution in [0.2, 0.25) is 0 Å². The molecule has 0 spiro atoms. The van der Waals surface area contributed by atoms with E-state index in [0.717, 1.165) is 12.8 Å². The summed E-state index contributed by atoms with van der Waals surface area (Å²) in [5.74, 6) is -0.285. The van der Waals surface area contributed by atoms with Crippen LogP contribution in [0.15, 0.2) is 48.7 Å². The highest BCUT2D eigenvalue weighted by Gasteiger charge is 2.27. The van der Waals surface area contributed by atoms with E-state index < -0.39 is 16.9 Å². The van der Waals surface area contributed by atoms with Gasteiger partial charge in [0, 0.05) is 30.9 Å². The lowest BCUT2D eigenvalue weighted by Gasteiger charge is -2.32. The predicted molar refractivity (Wildman–Crippen MR) is 110 cm³/mol. The second-order valence-corrected chi connectivity index (χ2v) is 7.22. The highest BCUT2D eigenvalue weighted by atomic mass is 16.6. The monoisotopic (exact) mass is 412 g/mol. The highest BCUT2D eigenvalue weighted by molar-refractivity contribution is 5.96. The van der Waals surface area contributed by atoms with Crippen LogP contribution in [-0.4, -0.2) is 47.5 Å². The molecule has 2 heterocycles. The first-order valence-electron chi connectivity index (χ1n) is 9.82. The molecule has 1 atom stereocenters. The zero-order valence-corrected chi connectivity index (χ0v) is 16.7. The lowest BCUT2D eigenvalue weighted by molar-refractivity contribution is -0.384. The smallest absolute Gasteiger partial charge is 0.328 e. The molecule has 2 aromatic rings. The van der Waals surface area contributed by atoms with Crippen molar-refractivity contribution in [3.05, 3.63) is 64.3 Å². The number of anilines is 1. The molecule has 9 nitrogen and oxygen atoms in total.